The van der Waals surface area contributed by atoms with Crippen LogP contribution in [-0.4, -0.2) is 21.6 Å². The zero-order valence-corrected chi connectivity index (χ0v) is 17.2. The molecule has 0 aliphatic rings. The Morgan fingerprint density at radius 1 is 0.963 bits per heavy atom. The lowest BCUT2D eigenvalue weighted by Gasteiger charge is -2.11. The molecule has 0 unspecified atom stereocenters. The van der Waals surface area contributed by atoms with Crippen LogP contribution in [0.4, 0.5) is 5.69 Å². The summed E-state index contributed by atoms with van der Waals surface area (Å²) in [4.78, 5) is 12.1. The number of thiophene rings is 2. The monoisotopic (exact) mass is 410 g/mol. The minimum absolute atomic E-state index is 0.623. The second-order valence-electron chi connectivity index (χ2n) is 5.96. The molecule has 0 spiro atoms. The molecule has 7 heteroatoms. The summed E-state index contributed by atoms with van der Waals surface area (Å²) >= 11 is 8.69. The number of hydrogen-bond acceptors (Lipinski definition) is 5. The van der Waals surface area contributed by atoms with Gasteiger partial charge in [0.2, 0.25) is 0 Å². The lowest BCUT2D eigenvalue weighted by atomic mass is 10.2. The lowest BCUT2D eigenvalue weighted by molar-refractivity contribution is 0.846. The van der Waals surface area contributed by atoms with Gasteiger partial charge in [0.1, 0.15) is 11.4 Å². The third kappa shape index (κ3) is 4.00. The van der Waals surface area contributed by atoms with Gasteiger partial charge in [-0.05, 0) is 59.7 Å². The molecular formula is C20H18N4S3. The van der Waals surface area contributed by atoms with Crippen LogP contribution < -0.4 is 10.6 Å². The van der Waals surface area contributed by atoms with E-state index in [1.54, 1.807) is 22.7 Å². The number of nitrogens with zero attached hydrogens (tertiary/aromatic N) is 2. The third-order valence-corrected chi connectivity index (χ3v) is 5.97. The molecule has 136 valence electrons. The van der Waals surface area contributed by atoms with Gasteiger partial charge in [-0.15, -0.1) is 22.7 Å². The van der Waals surface area contributed by atoms with Crippen molar-refractivity contribution >= 4 is 56.7 Å². The van der Waals surface area contributed by atoms with Gasteiger partial charge in [-0.2, -0.15) is 0 Å². The predicted octanol–water partition coefficient (Wildman–Crippen LogP) is 5.78. The van der Waals surface area contributed by atoms with Crippen molar-refractivity contribution in [3.63, 3.8) is 0 Å². The fraction of sp³-hybridized carbons (Fsp3) is 0.150. The number of fused-ring (bicyclic) bond motifs is 1. The van der Waals surface area contributed by atoms with Crippen LogP contribution in [-0.2, 0) is 0 Å². The molecule has 0 bridgehead atoms. The van der Waals surface area contributed by atoms with E-state index in [4.69, 9.17) is 22.2 Å². The van der Waals surface area contributed by atoms with Gasteiger partial charge in [0.25, 0.3) is 0 Å². The van der Waals surface area contributed by atoms with Crippen molar-refractivity contribution in [2.75, 3.05) is 11.9 Å². The molecule has 4 rings (SSSR count). The average Bonchev–Trinajstić information content (AvgIpc) is 3.39. The van der Waals surface area contributed by atoms with Crippen LogP contribution in [0.3, 0.4) is 0 Å². The maximum Gasteiger partial charge on any atom is 0.170 e. The van der Waals surface area contributed by atoms with Crippen LogP contribution in [0.25, 0.3) is 32.2 Å². The van der Waals surface area contributed by atoms with Gasteiger partial charge in [0.15, 0.2) is 5.11 Å². The molecular weight excluding hydrogens is 392 g/mol. The van der Waals surface area contributed by atoms with Crippen LogP contribution in [0.5, 0.6) is 0 Å². The minimum Gasteiger partial charge on any atom is -0.362 e. The summed E-state index contributed by atoms with van der Waals surface area (Å²) in [5.74, 6) is 0. The van der Waals surface area contributed by atoms with Crippen LogP contribution in [0.1, 0.15) is 13.3 Å². The van der Waals surface area contributed by atoms with E-state index in [9.17, 15) is 0 Å². The van der Waals surface area contributed by atoms with E-state index in [0.717, 1.165) is 50.8 Å². The number of thiocarbonyl (C=S) groups is 1. The molecule has 0 saturated carbocycles. The van der Waals surface area contributed by atoms with Crippen LogP contribution in [0.2, 0.25) is 0 Å². The van der Waals surface area contributed by atoms with Crippen molar-refractivity contribution in [2.24, 2.45) is 0 Å². The predicted molar refractivity (Wildman–Crippen MR) is 121 cm³/mol. The van der Waals surface area contributed by atoms with Crippen LogP contribution >= 0.6 is 34.9 Å². The van der Waals surface area contributed by atoms with Gasteiger partial charge >= 0.3 is 0 Å². The molecule has 2 N–H and O–H groups in total. The first kappa shape index (κ1) is 18.0. The summed E-state index contributed by atoms with van der Waals surface area (Å²) in [6, 6.07) is 14.2. The Hall–Kier alpha value is -2.35. The highest BCUT2D eigenvalue weighted by atomic mass is 32.1. The molecule has 3 heterocycles. The highest BCUT2D eigenvalue weighted by Crippen LogP contribution is 2.35. The molecule has 3 aromatic heterocycles. The number of hydrogen-bond donors (Lipinski definition) is 2. The first-order valence-corrected chi connectivity index (χ1v) is 10.9. The van der Waals surface area contributed by atoms with Crippen molar-refractivity contribution in [3.8, 4) is 21.1 Å². The molecule has 0 saturated heterocycles. The highest BCUT2D eigenvalue weighted by molar-refractivity contribution is 7.80. The number of anilines is 1. The Bertz CT molecular complexity index is 1060. The molecule has 0 radical (unpaired) electrons. The lowest BCUT2D eigenvalue weighted by Crippen LogP contribution is -2.28. The quantitative estimate of drug-likeness (QED) is 0.408. The van der Waals surface area contributed by atoms with Crippen molar-refractivity contribution in [1.82, 2.24) is 15.3 Å². The molecule has 0 aliphatic heterocycles. The summed E-state index contributed by atoms with van der Waals surface area (Å²) in [5.41, 5.74) is 4.48. The van der Waals surface area contributed by atoms with Gasteiger partial charge in [-0.25, -0.2) is 9.97 Å². The maximum absolute atomic E-state index is 5.33. The molecule has 4 aromatic rings. The minimum atomic E-state index is 0.623. The number of benzene rings is 1. The fourth-order valence-electron chi connectivity index (χ4n) is 2.72. The summed E-state index contributed by atoms with van der Waals surface area (Å²) in [6.07, 6.45) is 1.03. The SMILES string of the molecule is CCCNC(=S)Nc1ccc2nc(-c3cccs3)c(-c3cccs3)nc2c1. The first-order valence-electron chi connectivity index (χ1n) is 8.69. The molecule has 1 aromatic carbocycles. The fourth-order valence-corrected chi connectivity index (χ4v) is 4.37. The summed E-state index contributed by atoms with van der Waals surface area (Å²) in [6.45, 7) is 2.96. The normalized spacial score (nSPS) is 10.9. The van der Waals surface area contributed by atoms with E-state index >= 15 is 0 Å². The molecule has 27 heavy (non-hydrogen) atoms. The summed E-state index contributed by atoms with van der Waals surface area (Å²) < 4.78 is 0. The number of nitrogens with one attached hydrogen (secondary N) is 2. The Balaban J connectivity index is 1.76. The Morgan fingerprint density at radius 2 is 1.63 bits per heavy atom. The second kappa shape index (κ2) is 8.12. The zero-order chi connectivity index (χ0) is 18.6. The standard InChI is InChI=1S/C20H18N4S3/c1-2-9-21-20(25)22-13-7-8-14-15(12-13)24-19(17-6-4-11-27-17)18(23-14)16-5-3-10-26-16/h3-8,10-12H,2,9H2,1H3,(H2,21,22,25). The molecule has 0 fully saturated rings. The van der Waals surface area contributed by atoms with E-state index < -0.39 is 0 Å². The van der Waals surface area contributed by atoms with Crippen molar-refractivity contribution in [3.05, 3.63) is 53.2 Å². The smallest absolute Gasteiger partial charge is 0.170 e. The van der Waals surface area contributed by atoms with E-state index in [2.05, 4.69) is 40.5 Å². The van der Waals surface area contributed by atoms with E-state index in [1.807, 2.05) is 30.3 Å². The molecule has 0 atom stereocenters. The van der Waals surface area contributed by atoms with E-state index in [1.165, 1.54) is 0 Å². The highest BCUT2D eigenvalue weighted by Gasteiger charge is 2.15. The Labute approximate surface area is 171 Å². The Kier molecular flexibility index (Phi) is 5.42. The average molecular weight is 411 g/mol. The van der Waals surface area contributed by atoms with Crippen LogP contribution in [0.15, 0.2) is 53.2 Å². The first-order chi connectivity index (χ1) is 13.2. The topological polar surface area (TPSA) is 49.8 Å². The van der Waals surface area contributed by atoms with E-state index in [0.29, 0.717) is 5.11 Å². The van der Waals surface area contributed by atoms with Crippen LogP contribution in [0, 0.1) is 0 Å². The summed E-state index contributed by atoms with van der Waals surface area (Å²) in [5, 5.41) is 11.2. The van der Waals surface area contributed by atoms with Crippen molar-refractivity contribution < 1.29 is 0 Å². The van der Waals surface area contributed by atoms with Gasteiger partial charge in [0.05, 0.1) is 20.8 Å². The van der Waals surface area contributed by atoms with E-state index in [-0.39, 0.29) is 0 Å². The second-order valence-corrected chi connectivity index (χ2v) is 8.26. The van der Waals surface area contributed by atoms with Crippen molar-refractivity contribution in [1.29, 1.82) is 0 Å². The maximum atomic E-state index is 5.33. The van der Waals surface area contributed by atoms with Gasteiger partial charge in [0, 0.05) is 12.2 Å². The zero-order valence-electron chi connectivity index (χ0n) is 14.7. The van der Waals surface area contributed by atoms with Crippen molar-refractivity contribution in [2.45, 2.75) is 13.3 Å². The van der Waals surface area contributed by atoms with Gasteiger partial charge < -0.3 is 10.6 Å². The molecule has 0 amide bonds. The Morgan fingerprint density at radius 3 is 2.22 bits per heavy atom. The number of rotatable bonds is 5. The van der Waals surface area contributed by atoms with Gasteiger partial charge in [-0.3, -0.25) is 0 Å². The number of aromatic nitrogens is 2. The largest absolute Gasteiger partial charge is 0.362 e. The van der Waals surface area contributed by atoms with Gasteiger partial charge in [-0.1, -0.05) is 19.1 Å². The molecule has 0 aliphatic carbocycles. The third-order valence-electron chi connectivity index (χ3n) is 3.97. The summed E-state index contributed by atoms with van der Waals surface area (Å²) in [7, 11) is 0. The molecule has 4 nitrogen and oxygen atoms in total.